The first-order valence-corrected chi connectivity index (χ1v) is 6.44. The zero-order valence-corrected chi connectivity index (χ0v) is 11.5. The van der Waals surface area contributed by atoms with Crippen molar-refractivity contribution in [3.63, 3.8) is 0 Å². The Morgan fingerprint density at radius 2 is 2.22 bits per heavy atom. The second kappa shape index (κ2) is 5.55. The average Bonchev–Trinajstić information content (AvgIpc) is 2.69. The predicted molar refractivity (Wildman–Crippen MR) is 74.9 cm³/mol. The van der Waals surface area contributed by atoms with Crippen molar-refractivity contribution in [2.45, 2.75) is 32.9 Å². The van der Waals surface area contributed by atoms with E-state index in [4.69, 9.17) is 17.3 Å². The molecule has 4 heteroatoms. The minimum absolute atomic E-state index is 0.111. The van der Waals surface area contributed by atoms with E-state index < -0.39 is 0 Å². The molecule has 1 aromatic carbocycles. The Balaban J connectivity index is 2.21. The van der Waals surface area contributed by atoms with Gasteiger partial charge in [0.25, 0.3) is 0 Å². The molecule has 1 unspecified atom stereocenters. The summed E-state index contributed by atoms with van der Waals surface area (Å²) in [6, 6.07) is 6.23. The van der Waals surface area contributed by atoms with Crippen LogP contribution in [0.2, 0.25) is 5.02 Å². The third kappa shape index (κ3) is 3.12. The number of hydrogen-bond acceptors (Lipinski definition) is 2. The van der Waals surface area contributed by atoms with Crippen molar-refractivity contribution < 1.29 is 0 Å². The van der Waals surface area contributed by atoms with Crippen molar-refractivity contribution in [2.24, 2.45) is 5.73 Å². The highest BCUT2D eigenvalue weighted by atomic mass is 35.5. The number of nitrogens with zero attached hydrogens (tertiary/aromatic N) is 2. The molecule has 1 atom stereocenters. The summed E-state index contributed by atoms with van der Waals surface area (Å²) in [5.41, 5.74) is 8.09. The number of benzene rings is 1. The van der Waals surface area contributed by atoms with Gasteiger partial charge in [-0.2, -0.15) is 0 Å². The first kappa shape index (κ1) is 13.1. The second-order valence-electron chi connectivity index (χ2n) is 4.75. The van der Waals surface area contributed by atoms with E-state index in [1.54, 1.807) is 6.20 Å². The van der Waals surface area contributed by atoms with Gasteiger partial charge in [-0.05, 0) is 31.0 Å². The van der Waals surface area contributed by atoms with Gasteiger partial charge in [0.2, 0.25) is 0 Å². The van der Waals surface area contributed by atoms with E-state index in [0.717, 1.165) is 29.4 Å². The molecule has 2 rings (SSSR count). The Morgan fingerprint density at radius 3 is 2.89 bits per heavy atom. The average molecular weight is 264 g/mol. The molecule has 0 aliphatic carbocycles. The molecule has 0 radical (unpaired) electrons. The third-order valence-corrected chi connectivity index (χ3v) is 3.21. The molecule has 96 valence electrons. The minimum atomic E-state index is 0.111. The summed E-state index contributed by atoms with van der Waals surface area (Å²) in [6.45, 7) is 4.76. The van der Waals surface area contributed by atoms with Crippen molar-refractivity contribution in [1.29, 1.82) is 0 Å². The molecule has 0 aliphatic heterocycles. The molecule has 1 aromatic heterocycles. The van der Waals surface area contributed by atoms with Crippen LogP contribution in [0.3, 0.4) is 0 Å². The summed E-state index contributed by atoms with van der Waals surface area (Å²) >= 11 is 6.25. The summed E-state index contributed by atoms with van der Waals surface area (Å²) in [6.07, 6.45) is 4.55. The van der Waals surface area contributed by atoms with Gasteiger partial charge in [0.1, 0.15) is 5.82 Å². The first-order valence-electron chi connectivity index (χ1n) is 6.07. The lowest BCUT2D eigenvalue weighted by Gasteiger charge is -2.11. The number of hydrogen-bond donors (Lipinski definition) is 1. The number of nitrogens with two attached hydrogens (primary N) is 1. The van der Waals surface area contributed by atoms with E-state index in [1.165, 1.54) is 5.56 Å². The quantitative estimate of drug-likeness (QED) is 0.922. The van der Waals surface area contributed by atoms with Crippen LogP contribution in [0.5, 0.6) is 0 Å². The number of aryl methyl sites for hydroxylation is 1. The zero-order chi connectivity index (χ0) is 13.1. The number of halogens is 1. The Bertz CT molecular complexity index is 532. The Kier molecular flexibility index (Phi) is 4.04. The summed E-state index contributed by atoms with van der Waals surface area (Å²) in [5, 5.41) is 0.801. The normalized spacial score (nSPS) is 12.7. The smallest absolute Gasteiger partial charge is 0.110 e. The van der Waals surface area contributed by atoms with Crippen LogP contribution in [0, 0.1) is 6.92 Å². The molecule has 0 amide bonds. The molecule has 3 nitrogen and oxygen atoms in total. The van der Waals surface area contributed by atoms with Crippen LogP contribution < -0.4 is 5.73 Å². The molecule has 0 fully saturated rings. The van der Waals surface area contributed by atoms with Gasteiger partial charge in [-0.3, -0.25) is 0 Å². The highest BCUT2D eigenvalue weighted by Gasteiger charge is 2.08. The highest BCUT2D eigenvalue weighted by Crippen LogP contribution is 2.19. The molecule has 0 bridgehead atoms. The monoisotopic (exact) mass is 263 g/mol. The molecule has 0 aliphatic rings. The Labute approximate surface area is 113 Å². The fraction of sp³-hybridized carbons (Fsp3) is 0.357. The minimum Gasteiger partial charge on any atom is -0.330 e. The maximum absolute atomic E-state index is 6.25. The zero-order valence-electron chi connectivity index (χ0n) is 10.7. The molecular weight excluding hydrogens is 246 g/mol. The molecule has 0 saturated carbocycles. The van der Waals surface area contributed by atoms with Crippen molar-refractivity contribution >= 4 is 11.6 Å². The first-order chi connectivity index (χ1) is 8.56. The molecule has 2 aromatic rings. The van der Waals surface area contributed by atoms with Crippen molar-refractivity contribution in [3.05, 3.63) is 52.6 Å². The van der Waals surface area contributed by atoms with Gasteiger partial charge >= 0.3 is 0 Å². The molecular formula is C14H18ClN3. The Hall–Kier alpha value is -1.32. The van der Waals surface area contributed by atoms with E-state index in [1.807, 2.05) is 26.1 Å². The van der Waals surface area contributed by atoms with Crippen LogP contribution >= 0.6 is 11.6 Å². The lowest BCUT2D eigenvalue weighted by atomic mass is 10.1. The number of imidazole rings is 1. The van der Waals surface area contributed by atoms with E-state index in [9.17, 15) is 0 Å². The maximum atomic E-state index is 6.25. The Morgan fingerprint density at radius 1 is 1.44 bits per heavy atom. The van der Waals surface area contributed by atoms with E-state index >= 15 is 0 Å². The van der Waals surface area contributed by atoms with Crippen LogP contribution in [0.25, 0.3) is 0 Å². The van der Waals surface area contributed by atoms with Crippen LogP contribution in [0.15, 0.2) is 30.6 Å². The van der Waals surface area contributed by atoms with E-state index in [2.05, 4.69) is 21.7 Å². The van der Waals surface area contributed by atoms with Crippen LogP contribution in [0.4, 0.5) is 0 Å². The highest BCUT2D eigenvalue weighted by molar-refractivity contribution is 6.31. The van der Waals surface area contributed by atoms with Crippen molar-refractivity contribution in [1.82, 2.24) is 9.55 Å². The lowest BCUT2D eigenvalue weighted by molar-refractivity contribution is 0.648. The molecule has 18 heavy (non-hydrogen) atoms. The molecule has 0 spiro atoms. The maximum Gasteiger partial charge on any atom is 0.110 e. The number of rotatable bonds is 4. The lowest BCUT2D eigenvalue weighted by Crippen LogP contribution is -2.20. The standard InChI is InChI=1S/C14H18ClN3/c1-10-3-4-12(13(15)7-10)9-18-6-5-17-14(18)8-11(2)16/h3-7,11H,8-9,16H2,1-2H3. The fourth-order valence-electron chi connectivity index (χ4n) is 1.93. The molecule has 1 heterocycles. The fourth-order valence-corrected chi connectivity index (χ4v) is 2.22. The van der Waals surface area contributed by atoms with E-state index in [0.29, 0.717) is 0 Å². The van der Waals surface area contributed by atoms with Crippen LogP contribution in [-0.2, 0) is 13.0 Å². The van der Waals surface area contributed by atoms with Gasteiger partial charge in [0.05, 0.1) is 6.54 Å². The summed E-state index contributed by atoms with van der Waals surface area (Å²) < 4.78 is 2.10. The van der Waals surface area contributed by atoms with Gasteiger partial charge in [0, 0.05) is 29.9 Å². The van der Waals surface area contributed by atoms with Crippen molar-refractivity contribution in [3.8, 4) is 0 Å². The van der Waals surface area contributed by atoms with Gasteiger partial charge in [-0.25, -0.2) is 4.98 Å². The second-order valence-corrected chi connectivity index (χ2v) is 5.15. The largest absolute Gasteiger partial charge is 0.330 e. The third-order valence-electron chi connectivity index (χ3n) is 2.86. The predicted octanol–water partition coefficient (Wildman–Crippen LogP) is 2.78. The number of aromatic nitrogens is 2. The van der Waals surface area contributed by atoms with Crippen molar-refractivity contribution in [2.75, 3.05) is 0 Å². The summed E-state index contributed by atoms with van der Waals surface area (Å²) in [5.74, 6) is 1.00. The van der Waals surface area contributed by atoms with Gasteiger partial charge in [-0.1, -0.05) is 23.7 Å². The summed E-state index contributed by atoms with van der Waals surface area (Å²) in [4.78, 5) is 4.34. The van der Waals surface area contributed by atoms with Gasteiger partial charge in [-0.15, -0.1) is 0 Å². The van der Waals surface area contributed by atoms with Gasteiger partial charge in [0.15, 0.2) is 0 Å². The summed E-state index contributed by atoms with van der Waals surface area (Å²) in [7, 11) is 0. The SMILES string of the molecule is Cc1ccc(Cn2ccnc2CC(C)N)c(Cl)c1. The van der Waals surface area contributed by atoms with E-state index in [-0.39, 0.29) is 6.04 Å². The topological polar surface area (TPSA) is 43.8 Å². The van der Waals surface area contributed by atoms with Crippen LogP contribution in [-0.4, -0.2) is 15.6 Å². The van der Waals surface area contributed by atoms with Gasteiger partial charge < -0.3 is 10.3 Å². The van der Waals surface area contributed by atoms with Crippen LogP contribution in [0.1, 0.15) is 23.9 Å². The molecule has 0 saturated heterocycles. The molecule has 2 N–H and O–H groups in total.